The Morgan fingerprint density at radius 1 is 1.50 bits per heavy atom. The molecule has 1 aromatic rings. The molecule has 0 aromatic heterocycles. The Hall–Kier alpha value is -1.60. The quantitative estimate of drug-likeness (QED) is 0.813. The number of phenols is 1. The van der Waals surface area contributed by atoms with E-state index in [-0.39, 0.29) is 36.1 Å². The molecule has 0 bridgehead atoms. The fraction of sp³-hybridized carbons (Fsp3) is 0.417. The maximum atomic E-state index is 13.7. The first kappa shape index (κ1) is 18.4. The normalized spacial score (nSPS) is 12.2. The first-order valence-electron chi connectivity index (χ1n) is 5.52. The summed E-state index contributed by atoms with van der Waals surface area (Å²) in [6.45, 7) is 1.24. The van der Waals surface area contributed by atoms with E-state index < -0.39 is 17.9 Å². The zero-order valence-corrected chi connectivity index (χ0v) is 11.7. The molecule has 5 nitrogen and oxygen atoms in total. The Balaban J connectivity index is 0.00000361. The van der Waals surface area contributed by atoms with Crippen molar-refractivity contribution in [1.82, 2.24) is 0 Å². The molecule has 0 radical (unpaired) electrons. The second-order valence-corrected chi connectivity index (χ2v) is 3.75. The summed E-state index contributed by atoms with van der Waals surface area (Å²) in [6.07, 6.45) is 0. The average molecular weight is 312 g/mol. The van der Waals surface area contributed by atoms with E-state index in [1.807, 2.05) is 0 Å². The van der Waals surface area contributed by atoms with Crippen LogP contribution < -0.4 is 10.5 Å². The third-order valence-electron chi connectivity index (χ3n) is 2.50. The lowest BCUT2D eigenvalue weighted by Gasteiger charge is -2.22. The van der Waals surface area contributed by atoms with Crippen molar-refractivity contribution in [2.24, 2.45) is 5.73 Å². The fourth-order valence-electron chi connectivity index (χ4n) is 1.46. The van der Waals surface area contributed by atoms with Crippen LogP contribution in [0.3, 0.4) is 0 Å². The molecule has 20 heavy (non-hydrogen) atoms. The van der Waals surface area contributed by atoms with E-state index >= 15 is 0 Å². The summed E-state index contributed by atoms with van der Waals surface area (Å²) < 4.78 is 36.4. The van der Waals surface area contributed by atoms with Gasteiger partial charge in [0.2, 0.25) is 0 Å². The SMILES string of the molecule is CCOC(=O)C(F)(F)[C@H](N)c1ccc(OC)c(O)c1.Cl. The van der Waals surface area contributed by atoms with Gasteiger partial charge in [0, 0.05) is 0 Å². The summed E-state index contributed by atoms with van der Waals surface area (Å²) in [5.74, 6) is -5.79. The Labute approximate surface area is 121 Å². The second-order valence-electron chi connectivity index (χ2n) is 3.75. The van der Waals surface area contributed by atoms with E-state index in [9.17, 15) is 18.7 Å². The lowest BCUT2D eigenvalue weighted by atomic mass is 10.0. The molecule has 1 rings (SSSR count). The molecule has 3 N–H and O–H groups in total. The number of hydrogen-bond acceptors (Lipinski definition) is 5. The molecule has 0 amide bonds. The van der Waals surface area contributed by atoms with Crippen LogP contribution in [-0.4, -0.2) is 30.7 Å². The number of carbonyl (C=O) groups excluding carboxylic acids is 1. The Morgan fingerprint density at radius 3 is 2.55 bits per heavy atom. The largest absolute Gasteiger partial charge is 0.504 e. The number of nitrogens with two attached hydrogens (primary N) is 1. The van der Waals surface area contributed by atoms with Crippen LogP contribution in [0.1, 0.15) is 18.5 Å². The van der Waals surface area contributed by atoms with Crippen molar-refractivity contribution in [3.05, 3.63) is 23.8 Å². The van der Waals surface area contributed by atoms with Crippen molar-refractivity contribution in [2.45, 2.75) is 18.9 Å². The molecule has 8 heteroatoms. The molecule has 0 aliphatic carbocycles. The van der Waals surface area contributed by atoms with Crippen LogP contribution in [0.15, 0.2) is 18.2 Å². The first-order chi connectivity index (χ1) is 8.84. The number of hydrogen-bond donors (Lipinski definition) is 2. The summed E-state index contributed by atoms with van der Waals surface area (Å²) in [5, 5.41) is 9.51. The van der Waals surface area contributed by atoms with Crippen LogP contribution in [0.25, 0.3) is 0 Å². The number of rotatable bonds is 5. The Bertz CT molecular complexity index is 471. The summed E-state index contributed by atoms with van der Waals surface area (Å²) in [5.41, 5.74) is 5.26. The number of esters is 1. The van der Waals surface area contributed by atoms with E-state index in [0.29, 0.717) is 0 Å². The van der Waals surface area contributed by atoms with Gasteiger partial charge in [0.05, 0.1) is 13.7 Å². The Kier molecular flexibility index (Phi) is 6.67. The van der Waals surface area contributed by atoms with Gasteiger partial charge in [-0.2, -0.15) is 8.78 Å². The topological polar surface area (TPSA) is 81.8 Å². The van der Waals surface area contributed by atoms with Crippen molar-refractivity contribution in [1.29, 1.82) is 0 Å². The summed E-state index contributed by atoms with van der Waals surface area (Å²) >= 11 is 0. The third-order valence-corrected chi connectivity index (χ3v) is 2.50. The molecular formula is C12H16ClF2NO4. The predicted molar refractivity (Wildman–Crippen MR) is 70.4 cm³/mol. The fourth-order valence-corrected chi connectivity index (χ4v) is 1.46. The number of carbonyl (C=O) groups is 1. The molecule has 1 aromatic carbocycles. The van der Waals surface area contributed by atoms with Crippen molar-refractivity contribution in [2.75, 3.05) is 13.7 Å². The van der Waals surface area contributed by atoms with E-state index in [4.69, 9.17) is 10.5 Å². The molecule has 0 spiro atoms. The lowest BCUT2D eigenvalue weighted by molar-refractivity contribution is -0.174. The van der Waals surface area contributed by atoms with Crippen LogP contribution in [0.4, 0.5) is 8.78 Å². The van der Waals surface area contributed by atoms with Gasteiger partial charge >= 0.3 is 11.9 Å². The second kappa shape index (κ2) is 7.25. The number of benzene rings is 1. The zero-order chi connectivity index (χ0) is 14.6. The van der Waals surface area contributed by atoms with Crippen molar-refractivity contribution in [3.63, 3.8) is 0 Å². The van der Waals surface area contributed by atoms with Gasteiger partial charge in [-0.1, -0.05) is 6.07 Å². The molecule has 114 valence electrons. The van der Waals surface area contributed by atoms with Gasteiger partial charge in [0.15, 0.2) is 11.5 Å². The molecule has 0 aliphatic heterocycles. The number of phenolic OH excluding ortho intramolecular Hbond substituents is 1. The average Bonchev–Trinajstić information content (AvgIpc) is 2.37. The standard InChI is InChI=1S/C12H15F2NO4.ClH/c1-3-19-11(17)12(13,14)10(15)7-4-5-9(18-2)8(16)6-7;/h4-6,10,16H,3,15H2,1-2H3;1H/t10-;/m1./s1. The monoisotopic (exact) mass is 311 g/mol. The summed E-state index contributed by atoms with van der Waals surface area (Å²) in [7, 11) is 1.32. The summed E-state index contributed by atoms with van der Waals surface area (Å²) in [6, 6.07) is 1.64. The molecule has 0 unspecified atom stereocenters. The number of methoxy groups -OCH3 is 1. The van der Waals surface area contributed by atoms with Crippen molar-refractivity contribution < 1.29 is 28.2 Å². The minimum atomic E-state index is -3.88. The van der Waals surface area contributed by atoms with Crippen molar-refractivity contribution in [3.8, 4) is 11.5 Å². The summed E-state index contributed by atoms with van der Waals surface area (Å²) in [4.78, 5) is 11.1. The van der Waals surface area contributed by atoms with Gasteiger partial charge in [-0.3, -0.25) is 0 Å². The Morgan fingerprint density at radius 2 is 2.10 bits per heavy atom. The number of halogens is 3. The van der Waals surface area contributed by atoms with Crippen molar-refractivity contribution >= 4 is 18.4 Å². The molecule has 0 saturated heterocycles. The zero-order valence-electron chi connectivity index (χ0n) is 10.9. The van der Waals surface area contributed by atoms with Gasteiger partial charge < -0.3 is 20.3 Å². The molecule has 1 atom stereocenters. The molecule has 0 fully saturated rings. The molecular weight excluding hydrogens is 296 g/mol. The molecule has 0 aliphatic rings. The highest BCUT2D eigenvalue weighted by atomic mass is 35.5. The van der Waals surface area contributed by atoms with Gasteiger partial charge in [0.25, 0.3) is 0 Å². The number of alkyl halides is 2. The van der Waals surface area contributed by atoms with Gasteiger partial charge in [-0.05, 0) is 24.6 Å². The number of aromatic hydroxyl groups is 1. The first-order valence-corrected chi connectivity index (χ1v) is 5.52. The minimum absolute atomic E-state index is 0. The van der Waals surface area contributed by atoms with Crippen LogP contribution in [-0.2, 0) is 9.53 Å². The van der Waals surface area contributed by atoms with Crippen LogP contribution in [0, 0.1) is 0 Å². The minimum Gasteiger partial charge on any atom is -0.504 e. The highest BCUT2D eigenvalue weighted by Crippen LogP contribution is 2.35. The van der Waals surface area contributed by atoms with E-state index in [1.54, 1.807) is 0 Å². The van der Waals surface area contributed by atoms with Gasteiger partial charge in [-0.15, -0.1) is 12.4 Å². The highest BCUT2D eigenvalue weighted by molar-refractivity contribution is 5.85. The lowest BCUT2D eigenvalue weighted by Crippen LogP contribution is -2.41. The van der Waals surface area contributed by atoms with E-state index in [1.165, 1.54) is 26.2 Å². The van der Waals surface area contributed by atoms with Gasteiger partial charge in [0.1, 0.15) is 6.04 Å². The maximum absolute atomic E-state index is 13.7. The third kappa shape index (κ3) is 3.71. The number of ether oxygens (including phenoxy) is 2. The van der Waals surface area contributed by atoms with Crippen LogP contribution in [0.5, 0.6) is 11.5 Å². The predicted octanol–water partition coefficient (Wildman–Crippen LogP) is 2.02. The smallest absolute Gasteiger partial charge is 0.379 e. The maximum Gasteiger partial charge on any atom is 0.379 e. The molecule has 0 heterocycles. The van der Waals surface area contributed by atoms with E-state index in [0.717, 1.165) is 6.07 Å². The van der Waals surface area contributed by atoms with E-state index in [2.05, 4.69) is 4.74 Å². The van der Waals surface area contributed by atoms with Crippen LogP contribution in [0.2, 0.25) is 0 Å². The van der Waals surface area contributed by atoms with Crippen LogP contribution >= 0.6 is 12.4 Å². The van der Waals surface area contributed by atoms with Gasteiger partial charge in [-0.25, -0.2) is 4.79 Å². The molecule has 0 saturated carbocycles. The highest BCUT2D eigenvalue weighted by Gasteiger charge is 2.47.